The van der Waals surface area contributed by atoms with E-state index in [1.165, 1.54) is 29.2 Å². The molecule has 11 heteroatoms. The van der Waals surface area contributed by atoms with Crippen LogP contribution < -0.4 is 9.62 Å². The summed E-state index contributed by atoms with van der Waals surface area (Å²) in [5, 5.41) is 2.91. The number of carbonyl (C=O) groups excluding carboxylic acids is 2. The number of anilines is 1. The molecule has 7 nitrogen and oxygen atoms in total. The summed E-state index contributed by atoms with van der Waals surface area (Å²) in [5.41, 5.74) is 1.38. The largest absolute Gasteiger partial charge is 0.354 e. The summed E-state index contributed by atoms with van der Waals surface area (Å²) in [6.07, 6.45) is 1.06. The van der Waals surface area contributed by atoms with E-state index in [0.717, 1.165) is 34.3 Å². The van der Waals surface area contributed by atoms with E-state index in [4.69, 9.17) is 0 Å². The Balaban J connectivity index is 1.88. The number of hydrogen-bond donors (Lipinski definition) is 1. The van der Waals surface area contributed by atoms with Crippen molar-refractivity contribution in [3.05, 3.63) is 101 Å². The molecule has 0 aliphatic carbocycles. The van der Waals surface area contributed by atoms with Gasteiger partial charge in [0.15, 0.2) is 11.6 Å². The third kappa shape index (κ3) is 9.61. The van der Waals surface area contributed by atoms with Gasteiger partial charge in [-0.25, -0.2) is 21.6 Å². The van der Waals surface area contributed by atoms with Crippen molar-refractivity contribution in [3.8, 4) is 0 Å². The van der Waals surface area contributed by atoms with Crippen LogP contribution in [0.2, 0.25) is 0 Å². The molecule has 0 aliphatic heterocycles. The van der Waals surface area contributed by atoms with Gasteiger partial charge in [-0.2, -0.15) is 0 Å². The lowest BCUT2D eigenvalue weighted by atomic mass is 10.0. The van der Waals surface area contributed by atoms with Crippen LogP contribution in [-0.4, -0.2) is 50.5 Å². The Labute approximate surface area is 245 Å². The third-order valence-corrected chi connectivity index (χ3v) is 7.76. The summed E-state index contributed by atoms with van der Waals surface area (Å²) in [6.45, 7) is 4.15. The number of amides is 2. The highest BCUT2D eigenvalue weighted by Gasteiger charge is 2.30. The quantitative estimate of drug-likeness (QED) is 0.279. The van der Waals surface area contributed by atoms with Crippen LogP contribution in [-0.2, 0) is 32.6 Å². The summed E-state index contributed by atoms with van der Waals surface area (Å²) in [6, 6.07) is 16.7. The van der Waals surface area contributed by atoms with Crippen molar-refractivity contribution in [2.24, 2.45) is 5.92 Å². The van der Waals surface area contributed by atoms with E-state index in [1.807, 2.05) is 44.2 Å². The van der Waals surface area contributed by atoms with Gasteiger partial charge >= 0.3 is 0 Å². The fraction of sp³-hybridized carbons (Fsp3) is 0.355. The number of hydrogen-bond acceptors (Lipinski definition) is 4. The molecule has 42 heavy (non-hydrogen) atoms. The predicted molar refractivity (Wildman–Crippen MR) is 157 cm³/mol. The van der Waals surface area contributed by atoms with Crippen LogP contribution in [0.5, 0.6) is 0 Å². The maximum atomic E-state index is 13.9. The molecule has 3 aromatic carbocycles. The molecule has 0 bridgehead atoms. The zero-order chi connectivity index (χ0) is 30.9. The lowest BCUT2D eigenvalue weighted by Gasteiger charge is -2.32. The lowest BCUT2D eigenvalue weighted by molar-refractivity contribution is -0.141. The van der Waals surface area contributed by atoms with Crippen LogP contribution in [0.1, 0.15) is 37.8 Å². The molecule has 0 aliphatic rings. The van der Waals surface area contributed by atoms with Crippen molar-refractivity contribution in [2.75, 3.05) is 23.7 Å². The Morgan fingerprint density at radius 2 is 1.55 bits per heavy atom. The van der Waals surface area contributed by atoms with Gasteiger partial charge in [-0.1, -0.05) is 56.3 Å². The molecule has 3 aromatic rings. The summed E-state index contributed by atoms with van der Waals surface area (Å²) >= 11 is 0. The van der Waals surface area contributed by atoms with Crippen LogP contribution in [0.15, 0.2) is 72.8 Å². The second-order valence-electron chi connectivity index (χ2n) is 10.5. The van der Waals surface area contributed by atoms with Crippen molar-refractivity contribution < 1.29 is 31.2 Å². The topological polar surface area (TPSA) is 86.8 Å². The highest BCUT2D eigenvalue weighted by atomic mass is 32.2. The summed E-state index contributed by atoms with van der Waals surface area (Å²) in [5.74, 6) is -3.34. The summed E-state index contributed by atoms with van der Waals surface area (Å²) in [4.78, 5) is 28.7. The van der Waals surface area contributed by atoms with Crippen molar-refractivity contribution in [1.82, 2.24) is 10.2 Å². The Morgan fingerprint density at radius 3 is 2.14 bits per heavy atom. The standard InChI is InChI=1S/C31H36F3N3O4S/c1-22(2)20-35-31(39)29(18-23-8-5-4-6-9-23)36(21-24-11-13-25(32)14-12-24)30(38)10-7-17-37(42(3,40)41)26-15-16-27(33)28(34)19-26/h4-6,8-9,11-16,19,22,29H,7,10,17-18,20-21H2,1-3H3,(H,35,39)/t29-/m1/s1. The zero-order valence-electron chi connectivity index (χ0n) is 23.9. The van der Waals surface area contributed by atoms with Crippen LogP contribution in [0.3, 0.4) is 0 Å². The monoisotopic (exact) mass is 603 g/mol. The zero-order valence-corrected chi connectivity index (χ0v) is 24.7. The summed E-state index contributed by atoms with van der Waals surface area (Å²) < 4.78 is 66.8. The highest BCUT2D eigenvalue weighted by Crippen LogP contribution is 2.22. The van der Waals surface area contributed by atoms with E-state index in [2.05, 4.69) is 5.32 Å². The van der Waals surface area contributed by atoms with Gasteiger partial charge in [-0.05, 0) is 47.7 Å². The van der Waals surface area contributed by atoms with Gasteiger partial charge in [-0.3, -0.25) is 13.9 Å². The number of rotatable bonds is 14. The Hall–Kier alpha value is -3.86. The van der Waals surface area contributed by atoms with Gasteiger partial charge in [0.1, 0.15) is 11.9 Å². The second kappa shape index (κ2) is 14.9. The molecule has 0 spiro atoms. The van der Waals surface area contributed by atoms with Crippen LogP contribution in [0, 0.1) is 23.4 Å². The molecule has 3 rings (SSSR count). The molecule has 0 saturated heterocycles. The van der Waals surface area contributed by atoms with Crippen molar-refractivity contribution in [2.45, 2.75) is 45.7 Å². The van der Waals surface area contributed by atoms with Crippen LogP contribution in [0.4, 0.5) is 18.9 Å². The molecule has 0 fully saturated rings. The van der Waals surface area contributed by atoms with E-state index in [1.54, 1.807) is 0 Å². The van der Waals surface area contributed by atoms with Gasteiger partial charge < -0.3 is 10.2 Å². The van der Waals surface area contributed by atoms with Crippen molar-refractivity contribution >= 4 is 27.5 Å². The predicted octanol–water partition coefficient (Wildman–Crippen LogP) is 5.06. The number of benzene rings is 3. The van der Waals surface area contributed by atoms with E-state index in [0.29, 0.717) is 12.1 Å². The summed E-state index contributed by atoms with van der Waals surface area (Å²) in [7, 11) is -3.88. The van der Waals surface area contributed by atoms with Crippen molar-refractivity contribution in [1.29, 1.82) is 0 Å². The Morgan fingerprint density at radius 1 is 0.881 bits per heavy atom. The lowest BCUT2D eigenvalue weighted by Crippen LogP contribution is -2.51. The maximum Gasteiger partial charge on any atom is 0.243 e. The molecular formula is C31H36F3N3O4S. The van der Waals surface area contributed by atoms with E-state index >= 15 is 0 Å². The molecule has 1 atom stereocenters. The van der Waals surface area contributed by atoms with Gasteiger partial charge in [0.2, 0.25) is 21.8 Å². The van der Waals surface area contributed by atoms with Crippen LogP contribution >= 0.6 is 0 Å². The molecule has 0 unspecified atom stereocenters. The molecule has 0 radical (unpaired) electrons. The first-order chi connectivity index (χ1) is 19.8. The molecule has 0 heterocycles. The van der Waals surface area contributed by atoms with E-state index in [-0.39, 0.29) is 49.9 Å². The van der Waals surface area contributed by atoms with E-state index in [9.17, 15) is 31.2 Å². The molecule has 0 aromatic heterocycles. The smallest absolute Gasteiger partial charge is 0.243 e. The second-order valence-corrected chi connectivity index (χ2v) is 12.4. The first kappa shape index (κ1) is 32.7. The van der Waals surface area contributed by atoms with Crippen molar-refractivity contribution in [3.63, 3.8) is 0 Å². The van der Waals surface area contributed by atoms with E-state index < -0.39 is 39.4 Å². The maximum absolute atomic E-state index is 13.9. The molecule has 2 amide bonds. The number of nitrogens with zero attached hydrogens (tertiary/aromatic N) is 2. The number of carbonyl (C=O) groups is 2. The van der Waals surface area contributed by atoms with Gasteiger partial charge in [0.25, 0.3) is 0 Å². The normalized spacial score (nSPS) is 12.2. The minimum absolute atomic E-state index is 0.0185. The molecule has 226 valence electrons. The third-order valence-electron chi connectivity index (χ3n) is 6.57. The van der Waals surface area contributed by atoms with Gasteiger partial charge in [0.05, 0.1) is 11.9 Å². The first-order valence-electron chi connectivity index (χ1n) is 13.6. The average molecular weight is 604 g/mol. The highest BCUT2D eigenvalue weighted by molar-refractivity contribution is 7.92. The molecule has 0 saturated carbocycles. The molecule has 1 N–H and O–H groups in total. The Bertz CT molecular complexity index is 1450. The fourth-order valence-electron chi connectivity index (χ4n) is 4.41. The first-order valence-corrected chi connectivity index (χ1v) is 15.5. The molecular weight excluding hydrogens is 567 g/mol. The SMILES string of the molecule is CC(C)CNC(=O)[C@@H](Cc1ccccc1)N(Cc1ccc(F)cc1)C(=O)CCCN(c1ccc(F)c(F)c1)S(C)(=O)=O. The Kier molecular flexibility index (Phi) is 11.6. The van der Waals surface area contributed by atoms with Crippen LogP contribution in [0.25, 0.3) is 0 Å². The minimum atomic E-state index is -3.88. The minimum Gasteiger partial charge on any atom is -0.354 e. The fourth-order valence-corrected chi connectivity index (χ4v) is 5.36. The van der Waals surface area contributed by atoms with Gasteiger partial charge in [-0.15, -0.1) is 0 Å². The van der Waals surface area contributed by atoms with Gasteiger partial charge in [0, 0.05) is 38.5 Å². The number of halogens is 3. The number of sulfonamides is 1. The number of nitrogens with one attached hydrogen (secondary N) is 1. The average Bonchev–Trinajstić information content (AvgIpc) is 2.94.